The van der Waals surface area contributed by atoms with Gasteiger partial charge in [0.2, 0.25) is 5.91 Å². The Labute approximate surface area is 155 Å². The van der Waals surface area contributed by atoms with Crippen LogP contribution in [0.1, 0.15) is 18.2 Å². The Morgan fingerprint density at radius 1 is 1.28 bits per heavy atom. The quantitative estimate of drug-likeness (QED) is 0.482. The predicted octanol–water partition coefficient (Wildman–Crippen LogP) is 4.19. The number of hydrogen-bond acceptors (Lipinski definition) is 4. The number of aromatic nitrogens is 1. The Balaban J connectivity index is 1.76. The van der Waals surface area contributed by atoms with Crippen LogP contribution in [0.15, 0.2) is 40.7 Å². The molecular formula is C19H22N2O2S2. The summed E-state index contributed by atoms with van der Waals surface area (Å²) in [5.41, 5.74) is 2.51. The SMILES string of the molecule is CC(=O)NCCSc1c2ccsc2c(C)n1CCc1ccc(O)cc1. The van der Waals surface area contributed by atoms with Gasteiger partial charge in [-0.05, 0) is 42.5 Å². The molecule has 0 aliphatic rings. The van der Waals surface area contributed by atoms with Crippen molar-refractivity contribution in [3.63, 3.8) is 0 Å². The molecule has 1 aromatic carbocycles. The van der Waals surface area contributed by atoms with Gasteiger partial charge in [0.25, 0.3) is 0 Å². The van der Waals surface area contributed by atoms with Gasteiger partial charge in [-0.2, -0.15) is 0 Å². The van der Waals surface area contributed by atoms with Crippen molar-refractivity contribution in [2.75, 3.05) is 12.3 Å². The number of carbonyl (C=O) groups is 1. The second-order valence-corrected chi connectivity index (χ2v) is 7.95. The van der Waals surface area contributed by atoms with E-state index in [4.69, 9.17) is 0 Å². The van der Waals surface area contributed by atoms with E-state index in [9.17, 15) is 9.90 Å². The lowest BCUT2D eigenvalue weighted by molar-refractivity contribution is -0.118. The number of fused-ring (bicyclic) bond motifs is 1. The Kier molecular flexibility index (Phi) is 5.71. The lowest BCUT2D eigenvalue weighted by atomic mass is 10.1. The lowest BCUT2D eigenvalue weighted by Gasteiger charge is -2.12. The number of phenols is 1. The Morgan fingerprint density at radius 2 is 2.04 bits per heavy atom. The molecule has 0 bridgehead atoms. The first kappa shape index (κ1) is 17.9. The van der Waals surface area contributed by atoms with E-state index in [1.165, 1.54) is 26.4 Å². The van der Waals surface area contributed by atoms with Gasteiger partial charge in [0.1, 0.15) is 5.75 Å². The molecular weight excluding hydrogens is 352 g/mol. The molecule has 1 amide bonds. The van der Waals surface area contributed by atoms with Gasteiger partial charge in [-0.25, -0.2) is 0 Å². The number of hydrogen-bond donors (Lipinski definition) is 2. The van der Waals surface area contributed by atoms with E-state index in [-0.39, 0.29) is 5.91 Å². The molecule has 0 saturated carbocycles. The first-order valence-electron chi connectivity index (χ1n) is 8.27. The normalized spacial score (nSPS) is 11.1. The summed E-state index contributed by atoms with van der Waals surface area (Å²) in [5.74, 6) is 1.17. The third kappa shape index (κ3) is 4.19. The second kappa shape index (κ2) is 7.97. The third-order valence-electron chi connectivity index (χ3n) is 4.15. The highest BCUT2D eigenvalue weighted by Gasteiger charge is 2.15. The molecule has 4 nitrogen and oxygen atoms in total. The van der Waals surface area contributed by atoms with Gasteiger partial charge in [-0.15, -0.1) is 23.1 Å². The first-order valence-corrected chi connectivity index (χ1v) is 10.1. The van der Waals surface area contributed by atoms with Crippen molar-refractivity contribution in [1.29, 1.82) is 0 Å². The van der Waals surface area contributed by atoms with Crippen LogP contribution in [0.4, 0.5) is 0 Å². The standard InChI is InChI=1S/C19H22N2O2S2/c1-13-18-17(8-11-24-18)19(25-12-9-20-14(2)22)21(13)10-7-15-3-5-16(23)6-4-15/h3-6,8,11,23H,7,9-10,12H2,1-2H3,(H,20,22). The number of phenolic OH excluding ortho intramolecular Hbond substituents is 1. The van der Waals surface area contributed by atoms with Gasteiger partial charge < -0.3 is 15.0 Å². The van der Waals surface area contributed by atoms with E-state index < -0.39 is 0 Å². The van der Waals surface area contributed by atoms with Crippen molar-refractivity contribution in [3.8, 4) is 5.75 Å². The summed E-state index contributed by atoms with van der Waals surface area (Å²) in [6, 6.07) is 9.60. The molecule has 6 heteroatoms. The number of amides is 1. The minimum absolute atomic E-state index is 0.0140. The van der Waals surface area contributed by atoms with Gasteiger partial charge in [-0.3, -0.25) is 4.79 Å². The summed E-state index contributed by atoms with van der Waals surface area (Å²) < 4.78 is 3.72. The molecule has 0 aliphatic carbocycles. The largest absolute Gasteiger partial charge is 0.508 e. The molecule has 2 heterocycles. The van der Waals surface area contributed by atoms with Crippen LogP contribution in [0.3, 0.4) is 0 Å². The number of thiophene rings is 1. The fraction of sp³-hybridized carbons (Fsp3) is 0.316. The summed E-state index contributed by atoms with van der Waals surface area (Å²) in [6.45, 7) is 5.30. The summed E-state index contributed by atoms with van der Waals surface area (Å²) in [6.07, 6.45) is 0.919. The molecule has 0 radical (unpaired) electrons. The second-order valence-electron chi connectivity index (χ2n) is 5.95. The number of carbonyl (C=O) groups excluding carboxylic acids is 1. The van der Waals surface area contributed by atoms with Gasteiger partial charge >= 0.3 is 0 Å². The molecule has 0 atom stereocenters. The first-order chi connectivity index (χ1) is 12.1. The number of aromatic hydroxyl groups is 1. The summed E-state index contributed by atoms with van der Waals surface area (Å²) >= 11 is 3.58. The molecule has 25 heavy (non-hydrogen) atoms. The van der Waals surface area contributed by atoms with Crippen LogP contribution in [0.25, 0.3) is 10.1 Å². The molecule has 0 fully saturated rings. The molecule has 132 valence electrons. The maximum Gasteiger partial charge on any atom is 0.216 e. The topological polar surface area (TPSA) is 54.3 Å². The maximum atomic E-state index is 11.0. The van der Waals surface area contributed by atoms with Crippen LogP contribution in [-0.4, -0.2) is 27.9 Å². The Hall–Kier alpha value is -1.92. The number of benzene rings is 1. The highest BCUT2D eigenvalue weighted by atomic mass is 32.2. The molecule has 0 spiro atoms. The summed E-state index contributed by atoms with van der Waals surface area (Å²) in [5, 5.41) is 17.0. The van der Waals surface area contributed by atoms with Crippen molar-refractivity contribution in [2.24, 2.45) is 0 Å². The average Bonchev–Trinajstić information content (AvgIpc) is 3.15. The van der Waals surface area contributed by atoms with E-state index >= 15 is 0 Å². The van der Waals surface area contributed by atoms with Crippen LogP contribution in [0.5, 0.6) is 5.75 Å². The minimum Gasteiger partial charge on any atom is -0.508 e. The monoisotopic (exact) mass is 374 g/mol. The predicted molar refractivity (Wildman–Crippen MR) is 106 cm³/mol. The summed E-state index contributed by atoms with van der Waals surface area (Å²) in [7, 11) is 0. The molecule has 0 saturated heterocycles. The molecule has 3 rings (SSSR count). The van der Waals surface area contributed by atoms with Crippen molar-refractivity contribution in [3.05, 3.63) is 47.0 Å². The molecule has 3 aromatic rings. The Morgan fingerprint density at radius 3 is 2.76 bits per heavy atom. The number of rotatable bonds is 7. The zero-order chi connectivity index (χ0) is 17.8. The van der Waals surface area contributed by atoms with Crippen molar-refractivity contribution in [1.82, 2.24) is 9.88 Å². The van der Waals surface area contributed by atoms with Gasteiger partial charge in [0.15, 0.2) is 0 Å². The Bertz CT molecular complexity index is 866. The van der Waals surface area contributed by atoms with E-state index in [2.05, 4.69) is 28.3 Å². The van der Waals surface area contributed by atoms with E-state index in [0.29, 0.717) is 12.3 Å². The molecule has 0 unspecified atom stereocenters. The van der Waals surface area contributed by atoms with E-state index in [0.717, 1.165) is 18.7 Å². The molecule has 2 N–H and O–H groups in total. The number of aryl methyl sites for hydroxylation is 2. The smallest absolute Gasteiger partial charge is 0.216 e. The number of thioether (sulfide) groups is 1. The van der Waals surface area contributed by atoms with Crippen LogP contribution in [0, 0.1) is 6.92 Å². The minimum atomic E-state index is 0.0140. The fourth-order valence-electron chi connectivity index (χ4n) is 2.88. The van der Waals surface area contributed by atoms with Gasteiger partial charge in [0.05, 0.1) is 9.73 Å². The van der Waals surface area contributed by atoms with Crippen molar-refractivity contribution in [2.45, 2.75) is 31.8 Å². The number of nitrogens with one attached hydrogen (secondary N) is 1. The van der Waals surface area contributed by atoms with Crippen LogP contribution in [0.2, 0.25) is 0 Å². The van der Waals surface area contributed by atoms with Gasteiger partial charge in [-0.1, -0.05) is 12.1 Å². The maximum absolute atomic E-state index is 11.0. The van der Waals surface area contributed by atoms with Crippen molar-refractivity contribution >= 4 is 39.1 Å². The molecule has 2 aromatic heterocycles. The van der Waals surface area contributed by atoms with Gasteiger partial charge in [0, 0.05) is 36.8 Å². The fourth-order valence-corrected chi connectivity index (χ4v) is 4.97. The summed E-state index contributed by atoms with van der Waals surface area (Å²) in [4.78, 5) is 11.0. The number of nitrogens with zero attached hydrogens (tertiary/aromatic N) is 1. The van der Waals surface area contributed by atoms with Crippen LogP contribution in [-0.2, 0) is 17.8 Å². The zero-order valence-electron chi connectivity index (χ0n) is 14.4. The van der Waals surface area contributed by atoms with E-state index in [1.807, 2.05) is 12.1 Å². The molecule has 0 aliphatic heterocycles. The van der Waals surface area contributed by atoms with Crippen molar-refractivity contribution < 1.29 is 9.90 Å². The third-order valence-corrected chi connectivity index (χ3v) is 6.29. The van der Waals surface area contributed by atoms with Crippen LogP contribution < -0.4 is 5.32 Å². The lowest BCUT2D eigenvalue weighted by Crippen LogP contribution is -2.22. The highest BCUT2D eigenvalue weighted by molar-refractivity contribution is 7.99. The average molecular weight is 375 g/mol. The van der Waals surface area contributed by atoms with E-state index in [1.54, 1.807) is 42.2 Å². The zero-order valence-corrected chi connectivity index (χ0v) is 16.0. The highest BCUT2D eigenvalue weighted by Crippen LogP contribution is 2.36. The van der Waals surface area contributed by atoms with Crippen LogP contribution >= 0.6 is 23.1 Å².